The van der Waals surface area contributed by atoms with Gasteiger partial charge in [-0.3, -0.25) is 10.1 Å². The van der Waals surface area contributed by atoms with Crippen LogP contribution in [0.25, 0.3) is 11.3 Å². The van der Waals surface area contributed by atoms with Crippen LogP contribution in [0.2, 0.25) is 5.02 Å². The predicted molar refractivity (Wildman–Crippen MR) is 57.5 cm³/mol. The lowest BCUT2D eigenvalue weighted by Crippen LogP contribution is -1.89. The van der Waals surface area contributed by atoms with Crippen molar-refractivity contribution in [2.75, 3.05) is 0 Å². The van der Waals surface area contributed by atoms with E-state index in [1.54, 1.807) is 18.3 Å². The van der Waals surface area contributed by atoms with Crippen molar-refractivity contribution in [1.82, 2.24) is 15.2 Å². The topological polar surface area (TPSA) is 61.8 Å². The Kier molecular flexibility index (Phi) is 2.70. The van der Waals surface area contributed by atoms with Gasteiger partial charge in [-0.15, -0.1) is 0 Å². The van der Waals surface area contributed by atoms with Crippen molar-refractivity contribution in [3.63, 3.8) is 0 Å². The molecule has 2 aromatic heterocycles. The van der Waals surface area contributed by atoms with Gasteiger partial charge in [0, 0.05) is 11.8 Å². The number of pyridine rings is 1. The summed E-state index contributed by atoms with van der Waals surface area (Å²) in [4.78, 5) is 3.99. The molecule has 0 bridgehead atoms. The normalized spacial score (nSPS) is 10.6. The Labute approximate surface area is 91.9 Å². The molecule has 0 unspecified atom stereocenters. The highest BCUT2D eigenvalue weighted by Crippen LogP contribution is 2.27. The molecule has 0 saturated carbocycles. The first-order valence-electron chi connectivity index (χ1n) is 4.49. The molecular formula is C10H10ClN3O. The van der Waals surface area contributed by atoms with Crippen LogP contribution in [0.5, 0.6) is 0 Å². The summed E-state index contributed by atoms with van der Waals surface area (Å²) in [6.45, 7) is 1.77. The molecule has 0 aliphatic rings. The van der Waals surface area contributed by atoms with E-state index in [0.717, 1.165) is 11.3 Å². The standard InChI is InChI=1S/C10H10ClN3O/c1-6-9(11)10(14-13-6)7-2-3-12-8(4-7)5-15/h2-4,15H,5H2,1H3,(H,13,14). The van der Waals surface area contributed by atoms with Crippen molar-refractivity contribution in [2.24, 2.45) is 0 Å². The summed E-state index contributed by atoms with van der Waals surface area (Å²) in [6, 6.07) is 3.57. The third-order valence-electron chi connectivity index (χ3n) is 2.12. The molecule has 0 aromatic carbocycles. The molecule has 0 amide bonds. The molecule has 0 aliphatic carbocycles. The van der Waals surface area contributed by atoms with Crippen LogP contribution < -0.4 is 0 Å². The van der Waals surface area contributed by atoms with E-state index in [1.807, 2.05) is 6.92 Å². The minimum absolute atomic E-state index is 0.0884. The molecule has 0 spiro atoms. The van der Waals surface area contributed by atoms with E-state index in [4.69, 9.17) is 16.7 Å². The van der Waals surface area contributed by atoms with Crippen molar-refractivity contribution >= 4 is 11.6 Å². The molecule has 0 radical (unpaired) electrons. The number of aromatic amines is 1. The molecule has 2 aromatic rings. The SMILES string of the molecule is Cc1[nH]nc(-c2ccnc(CO)c2)c1Cl. The van der Waals surface area contributed by atoms with Crippen LogP contribution in [-0.4, -0.2) is 20.3 Å². The van der Waals surface area contributed by atoms with E-state index >= 15 is 0 Å². The fraction of sp³-hybridized carbons (Fsp3) is 0.200. The van der Waals surface area contributed by atoms with Crippen LogP contribution in [0.3, 0.4) is 0 Å². The molecule has 0 aliphatic heterocycles. The number of aromatic nitrogens is 3. The van der Waals surface area contributed by atoms with Crippen molar-refractivity contribution in [3.05, 3.63) is 34.7 Å². The molecular weight excluding hydrogens is 214 g/mol. The number of aryl methyl sites for hydroxylation is 1. The quantitative estimate of drug-likeness (QED) is 0.818. The van der Waals surface area contributed by atoms with Crippen molar-refractivity contribution in [1.29, 1.82) is 0 Å². The molecule has 2 heterocycles. The number of hydrogen-bond acceptors (Lipinski definition) is 3. The van der Waals surface area contributed by atoms with E-state index in [0.29, 0.717) is 16.4 Å². The summed E-state index contributed by atoms with van der Waals surface area (Å²) in [5.74, 6) is 0. The Morgan fingerprint density at radius 3 is 2.93 bits per heavy atom. The largest absolute Gasteiger partial charge is 0.390 e. The van der Waals surface area contributed by atoms with Gasteiger partial charge in [0.05, 0.1) is 23.0 Å². The lowest BCUT2D eigenvalue weighted by Gasteiger charge is -1.99. The monoisotopic (exact) mass is 223 g/mol. The first-order chi connectivity index (χ1) is 7.22. The smallest absolute Gasteiger partial charge is 0.111 e. The average Bonchev–Trinajstić information content (AvgIpc) is 2.60. The number of H-pyrrole nitrogens is 1. The van der Waals surface area contributed by atoms with Crippen molar-refractivity contribution < 1.29 is 5.11 Å². The molecule has 0 fully saturated rings. The highest BCUT2D eigenvalue weighted by atomic mass is 35.5. The van der Waals surface area contributed by atoms with Gasteiger partial charge in [0.25, 0.3) is 0 Å². The van der Waals surface area contributed by atoms with Crippen molar-refractivity contribution in [2.45, 2.75) is 13.5 Å². The minimum atomic E-state index is -0.0884. The van der Waals surface area contributed by atoms with Gasteiger partial charge in [-0.2, -0.15) is 5.10 Å². The maximum atomic E-state index is 8.96. The van der Waals surface area contributed by atoms with E-state index in [9.17, 15) is 0 Å². The maximum Gasteiger partial charge on any atom is 0.111 e. The fourth-order valence-electron chi connectivity index (χ4n) is 1.32. The zero-order valence-corrected chi connectivity index (χ0v) is 8.91. The molecule has 2 rings (SSSR count). The van der Waals surface area contributed by atoms with Crippen LogP contribution in [0, 0.1) is 6.92 Å². The highest BCUT2D eigenvalue weighted by Gasteiger charge is 2.10. The molecule has 15 heavy (non-hydrogen) atoms. The molecule has 2 N–H and O–H groups in total. The second kappa shape index (κ2) is 4.00. The summed E-state index contributed by atoms with van der Waals surface area (Å²) in [5, 5.41) is 16.5. The fourth-order valence-corrected chi connectivity index (χ4v) is 1.51. The molecule has 0 saturated heterocycles. The van der Waals surface area contributed by atoms with Crippen LogP contribution in [0.15, 0.2) is 18.3 Å². The summed E-state index contributed by atoms with van der Waals surface area (Å²) >= 11 is 6.06. The number of halogens is 1. The first kappa shape index (κ1) is 10.1. The summed E-state index contributed by atoms with van der Waals surface area (Å²) in [6.07, 6.45) is 1.63. The van der Waals surface area contributed by atoms with Gasteiger partial charge in [0.2, 0.25) is 0 Å². The van der Waals surface area contributed by atoms with Gasteiger partial charge in [-0.1, -0.05) is 11.6 Å². The summed E-state index contributed by atoms with van der Waals surface area (Å²) < 4.78 is 0. The number of aliphatic hydroxyl groups is 1. The summed E-state index contributed by atoms with van der Waals surface area (Å²) in [5.41, 5.74) is 2.97. The molecule has 4 nitrogen and oxygen atoms in total. The third kappa shape index (κ3) is 1.86. The van der Waals surface area contributed by atoms with Crippen LogP contribution in [0.4, 0.5) is 0 Å². The van der Waals surface area contributed by atoms with E-state index in [1.165, 1.54) is 0 Å². The zero-order valence-electron chi connectivity index (χ0n) is 8.16. The second-order valence-electron chi connectivity index (χ2n) is 3.21. The Bertz CT molecular complexity index is 481. The molecule has 5 heteroatoms. The molecule has 0 atom stereocenters. The van der Waals surface area contributed by atoms with Gasteiger partial charge in [-0.05, 0) is 19.1 Å². The van der Waals surface area contributed by atoms with Crippen LogP contribution in [-0.2, 0) is 6.61 Å². The van der Waals surface area contributed by atoms with Crippen LogP contribution >= 0.6 is 11.6 Å². The highest BCUT2D eigenvalue weighted by molar-refractivity contribution is 6.33. The van der Waals surface area contributed by atoms with E-state index in [-0.39, 0.29) is 6.61 Å². The van der Waals surface area contributed by atoms with Gasteiger partial charge in [0.15, 0.2) is 0 Å². The van der Waals surface area contributed by atoms with Gasteiger partial charge < -0.3 is 5.11 Å². The Hall–Kier alpha value is -1.39. The van der Waals surface area contributed by atoms with E-state index < -0.39 is 0 Å². The zero-order chi connectivity index (χ0) is 10.8. The lowest BCUT2D eigenvalue weighted by molar-refractivity contribution is 0.277. The number of nitrogens with zero attached hydrogens (tertiary/aromatic N) is 2. The minimum Gasteiger partial charge on any atom is -0.390 e. The summed E-state index contributed by atoms with van der Waals surface area (Å²) in [7, 11) is 0. The maximum absolute atomic E-state index is 8.96. The first-order valence-corrected chi connectivity index (χ1v) is 4.87. The third-order valence-corrected chi connectivity index (χ3v) is 2.59. The second-order valence-corrected chi connectivity index (χ2v) is 3.58. The predicted octanol–water partition coefficient (Wildman–Crippen LogP) is 1.93. The van der Waals surface area contributed by atoms with E-state index in [2.05, 4.69) is 15.2 Å². The van der Waals surface area contributed by atoms with Crippen LogP contribution in [0.1, 0.15) is 11.4 Å². The number of rotatable bonds is 2. The Morgan fingerprint density at radius 2 is 2.33 bits per heavy atom. The number of hydrogen-bond donors (Lipinski definition) is 2. The van der Waals surface area contributed by atoms with Gasteiger partial charge in [-0.25, -0.2) is 0 Å². The van der Waals surface area contributed by atoms with Gasteiger partial charge >= 0.3 is 0 Å². The number of nitrogens with one attached hydrogen (secondary N) is 1. The number of aliphatic hydroxyl groups excluding tert-OH is 1. The molecule has 78 valence electrons. The van der Waals surface area contributed by atoms with Gasteiger partial charge in [0.1, 0.15) is 5.69 Å². The Morgan fingerprint density at radius 1 is 1.53 bits per heavy atom. The van der Waals surface area contributed by atoms with Crippen molar-refractivity contribution in [3.8, 4) is 11.3 Å². The Balaban J connectivity index is 2.49. The lowest BCUT2D eigenvalue weighted by atomic mass is 10.1. The average molecular weight is 224 g/mol.